The van der Waals surface area contributed by atoms with Crippen molar-refractivity contribution in [3.8, 4) is 0 Å². The summed E-state index contributed by atoms with van der Waals surface area (Å²) in [5.74, 6) is 0.402. The normalized spacial score (nSPS) is 21.9. The van der Waals surface area contributed by atoms with Crippen LogP contribution in [0.2, 0.25) is 0 Å². The molecule has 1 fully saturated rings. The van der Waals surface area contributed by atoms with E-state index in [1.165, 1.54) is 5.69 Å². The Morgan fingerprint density at radius 2 is 2.06 bits per heavy atom. The zero-order valence-corrected chi connectivity index (χ0v) is 11.0. The van der Waals surface area contributed by atoms with Crippen LogP contribution in [-0.4, -0.2) is 29.9 Å². The predicted molar refractivity (Wildman–Crippen MR) is 73.7 cm³/mol. The minimum Gasteiger partial charge on any atom is -0.396 e. The highest BCUT2D eigenvalue weighted by molar-refractivity contribution is 5.48. The van der Waals surface area contributed by atoms with Gasteiger partial charge in [0.1, 0.15) is 0 Å². The Hall–Kier alpha value is -1.06. The van der Waals surface area contributed by atoms with Crippen molar-refractivity contribution in [1.29, 1.82) is 0 Å². The summed E-state index contributed by atoms with van der Waals surface area (Å²) in [7, 11) is 0. The van der Waals surface area contributed by atoms with Crippen molar-refractivity contribution >= 4 is 5.69 Å². The van der Waals surface area contributed by atoms with Crippen LogP contribution in [0.15, 0.2) is 24.3 Å². The van der Waals surface area contributed by atoms with E-state index in [0.717, 1.165) is 37.9 Å². The van der Waals surface area contributed by atoms with Gasteiger partial charge in [-0.3, -0.25) is 0 Å². The summed E-state index contributed by atoms with van der Waals surface area (Å²) < 4.78 is 0. The molecule has 1 saturated heterocycles. The number of piperidine rings is 1. The molecule has 1 aromatic rings. The summed E-state index contributed by atoms with van der Waals surface area (Å²) >= 11 is 0. The van der Waals surface area contributed by atoms with E-state index in [0.29, 0.717) is 5.92 Å². The second kappa shape index (κ2) is 6.21. The van der Waals surface area contributed by atoms with E-state index in [-0.39, 0.29) is 12.7 Å². The van der Waals surface area contributed by atoms with E-state index in [1.54, 1.807) is 0 Å². The summed E-state index contributed by atoms with van der Waals surface area (Å²) in [6.45, 7) is 4.26. The molecular formula is C15H23NO2. The van der Waals surface area contributed by atoms with Crippen molar-refractivity contribution in [2.75, 3.05) is 24.6 Å². The fraction of sp³-hybridized carbons (Fsp3) is 0.600. The standard InChI is InChI=1S/C15H23NO2/c1-2-15(18)13-5-7-14(8-6-13)16-9-3-4-12(10-16)11-17/h5-8,12,15,17-18H,2-4,9-11H2,1H3/t12?,15-/m1/s1. The van der Waals surface area contributed by atoms with Gasteiger partial charge in [0.15, 0.2) is 0 Å². The van der Waals surface area contributed by atoms with Crippen LogP contribution in [0.5, 0.6) is 0 Å². The van der Waals surface area contributed by atoms with Crippen LogP contribution in [0.4, 0.5) is 5.69 Å². The molecule has 100 valence electrons. The molecule has 0 aromatic heterocycles. The maximum atomic E-state index is 9.76. The molecule has 1 heterocycles. The summed E-state index contributed by atoms with van der Waals surface area (Å²) in [6, 6.07) is 8.17. The van der Waals surface area contributed by atoms with Gasteiger partial charge in [-0.25, -0.2) is 0 Å². The predicted octanol–water partition coefficient (Wildman–Crippen LogP) is 2.34. The molecule has 18 heavy (non-hydrogen) atoms. The quantitative estimate of drug-likeness (QED) is 0.861. The molecule has 2 rings (SSSR count). The van der Waals surface area contributed by atoms with Crippen molar-refractivity contribution in [2.24, 2.45) is 5.92 Å². The number of aliphatic hydroxyl groups excluding tert-OH is 2. The molecule has 1 aliphatic rings. The molecule has 2 N–H and O–H groups in total. The molecule has 0 radical (unpaired) electrons. The van der Waals surface area contributed by atoms with Crippen molar-refractivity contribution in [1.82, 2.24) is 0 Å². The van der Waals surface area contributed by atoms with Crippen LogP contribution in [0.25, 0.3) is 0 Å². The average molecular weight is 249 g/mol. The zero-order valence-electron chi connectivity index (χ0n) is 11.0. The number of benzene rings is 1. The first-order valence-corrected chi connectivity index (χ1v) is 6.88. The molecule has 0 aliphatic carbocycles. The third-order valence-electron chi connectivity index (χ3n) is 3.81. The first-order chi connectivity index (χ1) is 8.74. The number of aliphatic hydroxyl groups is 2. The van der Waals surface area contributed by atoms with Gasteiger partial charge in [-0.15, -0.1) is 0 Å². The molecular weight excluding hydrogens is 226 g/mol. The van der Waals surface area contributed by atoms with Crippen LogP contribution in [0.1, 0.15) is 37.9 Å². The summed E-state index contributed by atoms with van der Waals surface area (Å²) in [5, 5.41) is 19.0. The minimum atomic E-state index is -0.356. The number of hydrogen-bond acceptors (Lipinski definition) is 3. The first-order valence-electron chi connectivity index (χ1n) is 6.88. The van der Waals surface area contributed by atoms with Crippen LogP contribution in [0, 0.1) is 5.92 Å². The second-order valence-corrected chi connectivity index (χ2v) is 5.15. The highest BCUT2D eigenvalue weighted by Gasteiger charge is 2.19. The second-order valence-electron chi connectivity index (χ2n) is 5.15. The molecule has 1 unspecified atom stereocenters. The van der Waals surface area contributed by atoms with E-state index >= 15 is 0 Å². The molecule has 3 heteroatoms. The number of hydrogen-bond donors (Lipinski definition) is 2. The van der Waals surface area contributed by atoms with Crippen molar-refractivity contribution in [3.63, 3.8) is 0 Å². The van der Waals surface area contributed by atoms with E-state index in [4.69, 9.17) is 0 Å². The summed E-state index contributed by atoms with van der Waals surface area (Å²) in [4.78, 5) is 2.33. The average Bonchev–Trinajstić information content (AvgIpc) is 2.46. The van der Waals surface area contributed by atoms with Crippen LogP contribution in [0.3, 0.4) is 0 Å². The van der Waals surface area contributed by atoms with Gasteiger partial charge in [0, 0.05) is 25.4 Å². The van der Waals surface area contributed by atoms with Crippen molar-refractivity contribution < 1.29 is 10.2 Å². The lowest BCUT2D eigenvalue weighted by Crippen LogP contribution is -2.36. The van der Waals surface area contributed by atoms with Gasteiger partial charge in [-0.1, -0.05) is 19.1 Å². The fourth-order valence-corrected chi connectivity index (χ4v) is 2.59. The fourth-order valence-electron chi connectivity index (χ4n) is 2.59. The molecule has 3 nitrogen and oxygen atoms in total. The van der Waals surface area contributed by atoms with Crippen LogP contribution < -0.4 is 4.90 Å². The molecule has 1 aromatic carbocycles. The lowest BCUT2D eigenvalue weighted by Gasteiger charge is -2.33. The van der Waals surface area contributed by atoms with E-state index in [2.05, 4.69) is 17.0 Å². The Labute approximate surface area is 109 Å². The first kappa shape index (κ1) is 13.4. The third kappa shape index (κ3) is 3.03. The maximum absolute atomic E-state index is 9.76. The van der Waals surface area contributed by atoms with Gasteiger partial charge in [-0.05, 0) is 42.9 Å². The van der Waals surface area contributed by atoms with E-state index in [9.17, 15) is 10.2 Å². The van der Waals surface area contributed by atoms with Gasteiger partial charge in [-0.2, -0.15) is 0 Å². The highest BCUT2D eigenvalue weighted by atomic mass is 16.3. The van der Waals surface area contributed by atoms with Gasteiger partial charge in [0.25, 0.3) is 0 Å². The third-order valence-corrected chi connectivity index (χ3v) is 3.81. The Kier molecular flexibility index (Phi) is 4.61. The Morgan fingerprint density at radius 1 is 1.33 bits per heavy atom. The molecule has 0 saturated carbocycles. The Balaban J connectivity index is 2.04. The lowest BCUT2D eigenvalue weighted by atomic mass is 9.98. The molecule has 1 aliphatic heterocycles. The van der Waals surface area contributed by atoms with Gasteiger partial charge in [0.05, 0.1) is 6.10 Å². The van der Waals surface area contributed by atoms with Crippen LogP contribution >= 0.6 is 0 Å². The number of nitrogens with zero attached hydrogens (tertiary/aromatic N) is 1. The van der Waals surface area contributed by atoms with Gasteiger partial charge < -0.3 is 15.1 Å². The smallest absolute Gasteiger partial charge is 0.0787 e. The lowest BCUT2D eigenvalue weighted by molar-refractivity contribution is 0.173. The van der Waals surface area contributed by atoms with Gasteiger partial charge in [0.2, 0.25) is 0 Å². The molecule has 0 amide bonds. The largest absolute Gasteiger partial charge is 0.396 e. The monoisotopic (exact) mass is 249 g/mol. The Bertz CT molecular complexity index is 363. The topological polar surface area (TPSA) is 43.7 Å². The minimum absolute atomic E-state index is 0.281. The molecule has 0 spiro atoms. The number of anilines is 1. The number of rotatable bonds is 4. The Morgan fingerprint density at radius 3 is 2.67 bits per heavy atom. The maximum Gasteiger partial charge on any atom is 0.0787 e. The van der Waals surface area contributed by atoms with E-state index in [1.807, 2.05) is 19.1 Å². The summed E-state index contributed by atoms with van der Waals surface area (Å²) in [6.07, 6.45) is 2.66. The van der Waals surface area contributed by atoms with Crippen molar-refractivity contribution in [3.05, 3.63) is 29.8 Å². The van der Waals surface area contributed by atoms with Crippen molar-refractivity contribution in [2.45, 2.75) is 32.3 Å². The zero-order chi connectivity index (χ0) is 13.0. The van der Waals surface area contributed by atoms with E-state index < -0.39 is 0 Å². The summed E-state index contributed by atoms with van der Waals surface area (Å²) in [5.41, 5.74) is 2.18. The molecule has 0 bridgehead atoms. The SMILES string of the molecule is CC[C@@H](O)c1ccc(N2CCCC(CO)C2)cc1. The van der Waals surface area contributed by atoms with Gasteiger partial charge >= 0.3 is 0 Å². The molecule has 2 atom stereocenters. The highest BCUT2D eigenvalue weighted by Crippen LogP contribution is 2.25. The van der Waals surface area contributed by atoms with Crippen LogP contribution in [-0.2, 0) is 0 Å².